The maximum atomic E-state index is 14.1. The van der Waals surface area contributed by atoms with Crippen molar-refractivity contribution < 1.29 is 53.2 Å². The molecule has 106 heavy (non-hydrogen) atoms. The summed E-state index contributed by atoms with van der Waals surface area (Å²) in [6.45, 7) is 45.6. The van der Waals surface area contributed by atoms with E-state index in [9.17, 15) is 39.0 Å². The molecule has 16 atom stereocenters. The maximum absolute atomic E-state index is 14.1. The number of allylic oxidation sites excluding steroid dienone is 4. The van der Waals surface area contributed by atoms with Crippen LogP contribution >= 0.6 is 23.2 Å². The molecule has 8 fully saturated rings. The van der Waals surface area contributed by atoms with Crippen LogP contribution in [0.25, 0.3) is 0 Å². The van der Waals surface area contributed by atoms with Gasteiger partial charge in [0.1, 0.15) is 19.0 Å². The number of Topliss-reactive ketones (excluding diaryl/α,β-unsaturated/α-hetero) is 2. The Bertz CT molecular complexity index is 3680. The number of hydrogen-bond acceptors (Lipinski definition) is 11. The fourth-order valence-corrected chi connectivity index (χ4v) is 26.5. The Labute approximate surface area is 648 Å². The minimum atomic E-state index is -1.15. The number of hydrogen-bond donors (Lipinski definition) is 3. The SMILES string of the molecule is C.C=O.CC(C)C1=C2[C@H]3CC[C@@H]4[C@@]5(C)CC[C@H](OC(=O)CC(C)(C)C(=O)O)C(C)(C)[C@@H]5CC[C@@]4(C)[C@]3(C)CC[C@@]2(CCN(C)Cc2ccc(Cl)cc2)CC1=O.CC(C)C1=C2[C@H]3CC[C@@H]4[C@@]5(C)CC[C@H](OC(=O)CC(C)(C)C(=O)O)C(C)(C)[C@@H]5CC[C@@]4(C)[C@]3(C)CC[C@@]2(CCNCc2ccc(Cl)cc2)CC1=O. The van der Waals surface area contributed by atoms with Crippen molar-refractivity contribution in [3.05, 3.63) is 92.0 Å². The van der Waals surface area contributed by atoms with Crippen LogP contribution in [0, 0.1) is 112 Å². The number of carbonyl (C=O) groups is 7. The van der Waals surface area contributed by atoms with E-state index in [0.29, 0.717) is 59.9 Å². The molecule has 3 N–H and O–H groups in total. The Morgan fingerprint density at radius 2 is 0.906 bits per heavy atom. The fourth-order valence-electron chi connectivity index (χ4n) is 26.3. The smallest absolute Gasteiger partial charge is 0.309 e. The predicted molar refractivity (Wildman–Crippen MR) is 425 cm³/mol. The lowest BCUT2D eigenvalue weighted by Crippen LogP contribution is -2.65. The van der Waals surface area contributed by atoms with Gasteiger partial charge >= 0.3 is 23.9 Å². The number of benzene rings is 2. The lowest BCUT2D eigenvalue weighted by Gasteiger charge is -2.72. The summed E-state index contributed by atoms with van der Waals surface area (Å²) in [7, 11) is 2.21. The molecule has 12 rings (SSSR count). The van der Waals surface area contributed by atoms with Crippen LogP contribution in [0.4, 0.5) is 0 Å². The number of aliphatic carboxylic acids is 2. The molecule has 10 aliphatic rings. The van der Waals surface area contributed by atoms with Crippen molar-refractivity contribution in [1.29, 1.82) is 0 Å². The summed E-state index contributed by atoms with van der Waals surface area (Å²) in [5, 5.41) is 24.4. The highest BCUT2D eigenvalue weighted by atomic mass is 35.5. The van der Waals surface area contributed by atoms with Gasteiger partial charge in [-0.3, -0.25) is 28.8 Å². The number of esters is 2. The van der Waals surface area contributed by atoms with Crippen LogP contribution in [0.5, 0.6) is 0 Å². The van der Waals surface area contributed by atoms with E-state index < -0.39 is 34.7 Å². The Morgan fingerprint density at radius 1 is 0.528 bits per heavy atom. The molecule has 0 aliphatic heterocycles. The number of carboxylic acids is 2. The molecule has 0 spiro atoms. The predicted octanol–water partition coefficient (Wildman–Crippen LogP) is 21.2. The first-order valence-corrected chi connectivity index (χ1v) is 41.2. The summed E-state index contributed by atoms with van der Waals surface area (Å²) in [5.74, 6) is 1.30. The molecule has 15 heteroatoms. The topological polar surface area (TPSA) is 194 Å². The number of ether oxygens (including phenoxy) is 2. The van der Waals surface area contributed by atoms with Crippen molar-refractivity contribution >= 4 is 65.4 Å². The average molecular weight is 1500 g/mol. The third-order valence-corrected chi connectivity index (χ3v) is 32.8. The second kappa shape index (κ2) is 30.8. The third-order valence-electron chi connectivity index (χ3n) is 32.3. The maximum Gasteiger partial charge on any atom is 0.309 e. The summed E-state index contributed by atoms with van der Waals surface area (Å²) in [6, 6.07) is 16.2. The summed E-state index contributed by atoms with van der Waals surface area (Å²) in [6.07, 6.45) is 20.0. The molecule has 2 aromatic rings. The molecule has 0 radical (unpaired) electrons. The number of halogens is 2. The molecule has 10 aliphatic carbocycles. The lowest BCUT2D eigenvalue weighted by molar-refractivity contribution is -0.233. The zero-order valence-corrected chi connectivity index (χ0v) is 69.3. The monoisotopic (exact) mass is 1500 g/mol. The fraction of sp³-hybridized carbons (Fsp3) is 0.747. The molecule has 0 saturated heterocycles. The largest absolute Gasteiger partial charge is 0.481 e. The second-order valence-electron chi connectivity index (χ2n) is 40.0. The van der Waals surface area contributed by atoms with Gasteiger partial charge in [0.25, 0.3) is 0 Å². The molecule has 0 aromatic heterocycles. The zero-order valence-electron chi connectivity index (χ0n) is 67.8. The minimum absolute atomic E-state index is 0. The molecular formula is C91H136Cl2N2O11. The summed E-state index contributed by atoms with van der Waals surface area (Å²) in [5.41, 5.74) is 5.83. The Morgan fingerprint density at radius 3 is 1.28 bits per heavy atom. The number of fused-ring (bicyclic) bond motifs is 14. The van der Waals surface area contributed by atoms with E-state index in [-0.39, 0.29) is 98.5 Å². The number of rotatable bonds is 20. The van der Waals surface area contributed by atoms with Crippen molar-refractivity contribution in [2.24, 2.45) is 112 Å². The van der Waals surface area contributed by atoms with Gasteiger partial charge in [0.05, 0.1) is 23.7 Å². The molecule has 590 valence electrons. The lowest BCUT2D eigenvalue weighted by atomic mass is 9.33. The molecule has 8 saturated carbocycles. The molecule has 0 unspecified atom stereocenters. The van der Waals surface area contributed by atoms with Crippen LogP contribution in [0.1, 0.15) is 284 Å². The molecule has 0 amide bonds. The first-order chi connectivity index (χ1) is 48.8. The van der Waals surface area contributed by atoms with Crippen LogP contribution < -0.4 is 5.32 Å². The molecule has 0 bridgehead atoms. The van der Waals surface area contributed by atoms with Crippen LogP contribution in [0.2, 0.25) is 10.0 Å². The number of nitrogens with one attached hydrogen (secondary N) is 1. The Balaban J connectivity index is 0.000000238. The Hall–Kier alpha value is -4.69. The van der Waals surface area contributed by atoms with Gasteiger partial charge in [-0.15, -0.1) is 0 Å². The third kappa shape index (κ3) is 14.7. The van der Waals surface area contributed by atoms with Crippen molar-refractivity contribution in [3.63, 3.8) is 0 Å². The normalized spacial score (nSPS) is 36.2. The van der Waals surface area contributed by atoms with E-state index >= 15 is 0 Å². The first kappa shape index (κ1) is 85.3. The highest BCUT2D eigenvalue weighted by Gasteiger charge is 2.73. The van der Waals surface area contributed by atoms with Crippen LogP contribution in [0.15, 0.2) is 70.8 Å². The van der Waals surface area contributed by atoms with Crippen molar-refractivity contribution in [1.82, 2.24) is 10.2 Å². The van der Waals surface area contributed by atoms with Gasteiger partial charge < -0.3 is 34.7 Å². The van der Waals surface area contributed by atoms with Gasteiger partial charge in [-0.2, -0.15) is 0 Å². The van der Waals surface area contributed by atoms with E-state index in [4.69, 9.17) is 37.5 Å². The van der Waals surface area contributed by atoms with Gasteiger partial charge in [0.2, 0.25) is 0 Å². The van der Waals surface area contributed by atoms with Gasteiger partial charge in [0, 0.05) is 57.6 Å². The van der Waals surface area contributed by atoms with Crippen molar-refractivity contribution in [2.45, 2.75) is 299 Å². The summed E-state index contributed by atoms with van der Waals surface area (Å²) in [4.78, 5) is 88.1. The molecule has 13 nitrogen and oxygen atoms in total. The standard InChI is InChI=1S/C45H66ClNO5.C44H64ClNO5.CH2O.CH4/c1-28(2)37-32(48)25-45(23-24-47(10)27-29-11-13-30(46)14-12-29)22-21-43(8)31(38(37)45)15-16-34-42(7)19-18-35(52-36(49)26-40(3,4)39(50)51)41(5,6)33(42)17-20-44(34,43)9;1-27(2)36-31(47)24-44(22-23-46-26-28-10-12-29(45)13-11-28)21-20-42(8)30(37(36)44)14-15-33-41(7)18-17-34(51-35(48)25-39(3,4)38(49)50)40(5,6)32(41)16-19-43(33,42)9;1-2;/h11-14,28,31,33-35H,15-27H2,1-10H3,(H,50,51);10-13,27,30,32-34,46H,14-26H2,1-9H3,(H,49,50);1H2;1H4/t31-,33+,34-,35+,42+,43-,44-,45-;30-,32+,33-,34+,41+,42-,43-,44-;;/m11../s1. The van der Waals surface area contributed by atoms with Crippen LogP contribution in [-0.2, 0) is 56.1 Å². The van der Waals surface area contributed by atoms with E-state index in [0.717, 1.165) is 150 Å². The number of ketones is 2. The van der Waals surface area contributed by atoms with Crippen LogP contribution in [0.3, 0.4) is 0 Å². The van der Waals surface area contributed by atoms with Gasteiger partial charge in [0.15, 0.2) is 11.6 Å². The Kier molecular flexibility index (Phi) is 24.8. The first-order valence-electron chi connectivity index (χ1n) is 40.4. The van der Waals surface area contributed by atoms with E-state index in [1.807, 2.05) is 31.1 Å². The highest BCUT2D eigenvalue weighted by Crippen LogP contribution is 2.79. The number of carbonyl (C=O) groups excluding carboxylic acids is 5. The zero-order chi connectivity index (χ0) is 77.6. The van der Waals surface area contributed by atoms with Gasteiger partial charge in [-0.25, -0.2) is 0 Å². The van der Waals surface area contributed by atoms with Crippen molar-refractivity contribution in [3.8, 4) is 0 Å². The van der Waals surface area contributed by atoms with Crippen molar-refractivity contribution in [2.75, 3.05) is 20.1 Å². The van der Waals surface area contributed by atoms with E-state index in [2.05, 4.69) is 138 Å². The van der Waals surface area contributed by atoms with Crippen LogP contribution in [-0.4, -0.2) is 89.7 Å². The molecule has 2 aromatic carbocycles. The molecule has 0 heterocycles. The minimum Gasteiger partial charge on any atom is -0.481 e. The van der Waals surface area contributed by atoms with E-state index in [1.54, 1.807) is 33.3 Å². The van der Waals surface area contributed by atoms with Gasteiger partial charge in [-0.1, -0.05) is 163 Å². The van der Waals surface area contributed by atoms with Gasteiger partial charge in [-0.05, 0) is 290 Å². The van der Waals surface area contributed by atoms with E-state index in [1.165, 1.54) is 29.5 Å². The average Bonchev–Trinajstić information content (AvgIpc) is 1.12. The number of nitrogens with zero attached hydrogens (tertiary/aromatic N) is 1. The second-order valence-corrected chi connectivity index (χ2v) is 40.9. The molecular weight excluding hydrogens is 1370 g/mol. The highest BCUT2D eigenvalue weighted by molar-refractivity contribution is 6.30. The quantitative estimate of drug-likeness (QED) is 0.0838. The summed E-state index contributed by atoms with van der Waals surface area (Å²) >= 11 is 12.3. The number of carboxylic acid groups (broad SMARTS) is 2. The summed E-state index contributed by atoms with van der Waals surface area (Å²) < 4.78 is 12.4.